The molecule has 2 heterocycles. The van der Waals surface area contributed by atoms with Crippen LogP contribution >= 0.6 is 0 Å². The molecule has 1 aliphatic heterocycles. The summed E-state index contributed by atoms with van der Waals surface area (Å²) in [5.74, 6) is 0.670. The Balaban J connectivity index is 1.96. The molecule has 2 unspecified atom stereocenters. The van der Waals surface area contributed by atoms with Gasteiger partial charge in [-0.3, -0.25) is 4.68 Å². The fourth-order valence-electron chi connectivity index (χ4n) is 3.43. The number of nitrogens with one attached hydrogen (secondary N) is 1. The Morgan fingerprint density at radius 2 is 2.05 bits per heavy atom. The number of aromatic nitrogens is 2. The number of hydrogen-bond acceptors (Lipinski definition) is 2. The molecule has 1 N–H and O–H groups in total. The molecule has 1 saturated heterocycles. The summed E-state index contributed by atoms with van der Waals surface area (Å²) < 4.78 is 15.1. The van der Waals surface area contributed by atoms with Crippen LogP contribution in [-0.4, -0.2) is 22.9 Å². The Kier molecular flexibility index (Phi) is 4.06. The van der Waals surface area contributed by atoms with Crippen LogP contribution in [0.1, 0.15) is 42.0 Å². The van der Waals surface area contributed by atoms with Gasteiger partial charge in [-0.2, -0.15) is 5.10 Å². The van der Waals surface area contributed by atoms with Crippen LogP contribution in [0.25, 0.3) is 0 Å². The third-order valence-electron chi connectivity index (χ3n) is 4.45. The third kappa shape index (κ3) is 2.86. The van der Waals surface area contributed by atoms with Crippen molar-refractivity contribution in [3.05, 3.63) is 53.1 Å². The fraction of sp³-hybridized carbons (Fsp3) is 0.471. The molecule has 3 rings (SSSR count). The first kappa shape index (κ1) is 14.3. The van der Waals surface area contributed by atoms with Crippen LogP contribution in [0.15, 0.2) is 30.5 Å². The van der Waals surface area contributed by atoms with E-state index in [0.29, 0.717) is 11.8 Å². The van der Waals surface area contributed by atoms with Crippen molar-refractivity contribution in [3.63, 3.8) is 0 Å². The van der Waals surface area contributed by atoms with Gasteiger partial charge in [0.1, 0.15) is 5.82 Å². The second-order valence-corrected chi connectivity index (χ2v) is 5.82. The summed E-state index contributed by atoms with van der Waals surface area (Å²) in [6.45, 7) is 4.12. The summed E-state index contributed by atoms with van der Waals surface area (Å²) in [5, 5.41) is 8.05. The molecule has 112 valence electrons. The highest BCUT2D eigenvalue weighted by Gasteiger charge is 2.30. The fourth-order valence-corrected chi connectivity index (χ4v) is 3.43. The molecule has 0 radical (unpaired) electrons. The SMILES string of the molecule is CCc1nn(C)cc1C1CCNCC1c1ccc(F)cc1. The highest BCUT2D eigenvalue weighted by atomic mass is 19.1. The van der Waals surface area contributed by atoms with Gasteiger partial charge in [-0.25, -0.2) is 4.39 Å². The first-order valence-electron chi connectivity index (χ1n) is 7.67. The first-order valence-corrected chi connectivity index (χ1v) is 7.67. The van der Waals surface area contributed by atoms with Crippen molar-refractivity contribution < 1.29 is 4.39 Å². The smallest absolute Gasteiger partial charge is 0.123 e. The number of rotatable bonds is 3. The molecule has 0 bridgehead atoms. The Bertz CT molecular complexity index is 603. The van der Waals surface area contributed by atoms with Crippen LogP contribution in [0.3, 0.4) is 0 Å². The molecule has 3 nitrogen and oxygen atoms in total. The van der Waals surface area contributed by atoms with Crippen molar-refractivity contribution in [2.45, 2.75) is 31.6 Å². The van der Waals surface area contributed by atoms with E-state index < -0.39 is 0 Å². The topological polar surface area (TPSA) is 29.9 Å². The van der Waals surface area contributed by atoms with E-state index in [0.717, 1.165) is 25.9 Å². The van der Waals surface area contributed by atoms with Gasteiger partial charge >= 0.3 is 0 Å². The van der Waals surface area contributed by atoms with Crippen molar-refractivity contribution in [1.82, 2.24) is 15.1 Å². The van der Waals surface area contributed by atoms with Gasteiger partial charge in [0.2, 0.25) is 0 Å². The van der Waals surface area contributed by atoms with Crippen LogP contribution < -0.4 is 5.32 Å². The number of benzene rings is 1. The Hall–Kier alpha value is -1.68. The van der Waals surface area contributed by atoms with Crippen molar-refractivity contribution in [3.8, 4) is 0 Å². The lowest BCUT2D eigenvalue weighted by Crippen LogP contribution is -2.34. The Morgan fingerprint density at radius 1 is 1.29 bits per heavy atom. The summed E-state index contributed by atoms with van der Waals surface area (Å²) in [4.78, 5) is 0. The van der Waals surface area contributed by atoms with Gasteiger partial charge in [-0.1, -0.05) is 19.1 Å². The second kappa shape index (κ2) is 5.98. The standard InChI is InChI=1S/C17H22FN3/c1-3-17-16(11-21(2)20-17)14-8-9-19-10-15(14)12-4-6-13(18)7-5-12/h4-7,11,14-15,19H,3,8-10H2,1-2H3. The zero-order chi connectivity index (χ0) is 14.8. The van der Waals surface area contributed by atoms with Gasteiger partial charge in [-0.15, -0.1) is 0 Å². The van der Waals surface area contributed by atoms with Crippen LogP contribution in [0.4, 0.5) is 4.39 Å². The second-order valence-electron chi connectivity index (χ2n) is 5.82. The lowest BCUT2D eigenvalue weighted by atomic mass is 9.77. The lowest BCUT2D eigenvalue weighted by molar-refractivity contribution is 0.402. The summed E-state index contributed by atoms with van der Waals surface area (Å²) in [7, 11) is 1.98. The monoisotopic (exact) mass is 287 g/mol. The molecule has 2 aromatic rings. The number of piperidine rings is 1. The van der Waals surface area contributed by atoms with E-state index in [1.807, 2.05) is 23.9 Å². The number of halogens is 1. The number of aryl methyl sites for hydroxylation is 2. The molecule has 1 aliphatic rings. The highest BCUT2D eigenvalue weighted by Crippen LogP contribution is 2.38. The van der Waals surface area contributed by atoms with E-state index in [-0.39, 0.29) is 5.82 Å². The van der Waals surface area contributed by atoms with Gasteiger partial charge in [0.15, 0.2) is 0 Å². The number of hydrogen-bond donors (Lipinski definition) is 1. The molecule has 0 saturated carbocycles. The highest BCUT2D eigenvalue weighted by molar-refractivity contribution is 5.31. The molecule has 1 aromatic carbocycles. The van der Waals surface area contributed by atoms with E-state index in [2.05, 4.69) is 23.5 Å². The largest absolute Gasteiger partial charge is 0.316 e. The lowest BCUT2D eigenvalue weighted by Gasteiger charge is -2.32. The summed E-state index contributed by atoms with van der Waals surface area (Å²) in [6, 6.07) is 6.96. The zero-order valence-corrected chi connectivity index (χ0v) is 12.6. The van der Waals surface area contributed by atoms with Crippen molar-refractivity contribution >= 4 is 0 Å². The van der Waals surface area contributed by atoms with Gasteiger partial charge in [0.05, 0.1) is 5.69 Å². The first-order chi connectivity index (χ1) is 10.2. The predicted molar refractivity (Wildman–Crippen MR) is 82.0 cm³/mol. The molecule has 0 aliphatic carbocycles. The summed E-state index contributed by atoms with van der Waals surface area (Å²) in [6.07, 6.45) is 4.21. The quantitative estimate of drug-likeness (QED) is 0.940. The minimum atomic E-state index is -0.172. The number of nitrogens with zero attached hydrogens (tertiary/aromatic N) is 2. The molecular formula is C17H22FN3. The van der Waals surface area contributed by atoms with E-state index >= 15 is 0 Å². The van der Waals surface area contributed by atoms with E-state index in [1.165, 1.54) is 16.8 Å². The average molecular weight is 287 g/mol. The molecule has 0 spiro atoms. The van der Waals surface area contributed by atoms with Crippen LogP contribution in [0.2, 0.25) is 0 Å². The van der Waals surface area contributed by atoms with Crippen LogP contribution in [0, 0.1) is 5.82 Å². The molecule has 1 fully saturated rings. The van der Waals surface area contributed by atoms with E-state index in [1.54, 1.807) is 12.1 Å². The predicted octanol–water partition coefficient (Wildman–Crippen LogP) is 2.98. The van der Waals surface area contributed by atoms with Crippen LogP contribution in [-0.2, 0) is 13.5 Å². The van der Waals surface area contributed by atoms with Crippen LogP contribution in [0.5, 0.6) is 0 Å². The van der Waals surface area contributed by atoms with Crippen molar-refractivity contribution in [2.75, 3.05) is 13.1 Å². The zero-order valence-electron chi connectivity index (χ0n) is 12.6. The summed E-state index contributed by atoms with van der Waals surface area (Å²) >= 11 is 0. The maximum absolute atomic E-state index is 13.2. The Morgan fingerprint density at radius 3 is 2.76 bits per heavy atom. The molecule has 0 amide bonds. The van der Waals surface area contributed by atoms with E-state index in [9.17, 15) is 4.39 Å². The average Bonchev–Trinajstić information content (AvgIpc) is 2.89. The van der Waals surface area contributed by atoms with Gasteiger partial charge < -0.3 is 5.32 Å². The van der Waals surface area contributed by atoms with Gasteiger partial charge in [-0.05, 0) is 48.6 Å². The van der Waals surface area contributed by atoms with Crippen molar-refractivity contribution in [2.24, 2.45) is 7.05 Å². The molecule has 21 heavy (non-hydrogen) atoms. The Labute approximate surface area is 125 Å². The molecule has 2 atom stereocenters. The normalized spacial score (nSPS) is 22.4. The summed E-state index contributed by atoms with van der Waals surface area (Å²) in [5.41, 5.74) is 3.76. The maximum atomic E-state index is 13.2. The molecule has 1 aromatic heterocycles. The maximum Gasteiger partial charge on any atom is 0.123 e. The van der Waals surface area contributed by atoms with Gasteiger partial charge in [0, 0.05) is 25.7 Å². The van der Waals surface area contributed by atoms with E-state index in [4.69, 9.17) is 0 Å². The minimum absolute atomic E-state index is 0.172. The van der Waals surface area contributed by atoms with Crippen molar-refractivity contribution in [1.29, 1.82) is 0 Å². The minimum Gasteiger partial charge on any atom is -0.316 e. The molecule has 4 heteroatoms. The molecular weight excluding hydrogens is 265 g/mol. The third-order valence-corrected chi connectivity index (χ3v) is 4.45. The van der Waals surface area contributed by atoms with Gasteiger partial charge in [0.25, 0.3) is 0 Å².